The number of fused-ring (bicyclic) bond motifs is 1. The van der Waals surface area contributed by atoms with E-state index in [9.17, 15) is 4.79 Å². The molecule has 4 rings (SSSR count). The average molecular weight is 309 g/mol. The zero-order valence-electron chi connectivity index (χ0n) is 12.9. The minimum absolute atomic E-state index is 0.0659. The average Bonchev–Trinajstić information content (AvgIpc) is 3.10. The van der Waals surface area contributed by atoms with Crippen molar-refractivity contribution in [3.63, 3.8) is 0 Å². The number of nitrogens with zero attached hydrogens (tertiary/aromatic N) is 4. The van der Waals surface area contributed by atoms with Crippen molar-refractivity contribution in [2.75, 3.05) is 13.1 Å². The minimum atomic E-state index is -0.202. The molecule has 0 bridgehead atoms. The van der Waals surface area contributed by atoms with Crippen LogP contribution in [0.4, 0.5) is 0 Å². The van der Waals surface area contributed by atoms with Crippen LogP contribution < -0.4 is 5.73 Å². The van der Waals surface area contributed by atoms with Crippen LogP contribution in [0, 0.1) is 5.92 Å². The van der Waals surface area contributed by atoms with Crippen LogP contribution in [0.25, 0.3) is 11.5 Å². The maximum absolute atomic E-state index is 12.8. The van der Waals surface area contributed by atoms with Gasteiger partial charge in [-0.2, -0.15) is 0 Å². The molecule has 0 aromatic carbocycles. The van der Waals surface area contributed by atoms with Crippen LogP contribution >= 0.6 is 0 Å². The molecule has 2 aromatic heterocycles. The van der Waals surface area contributed by atoms with Gasteiger partial charge in [0.1, 0.15) is 11.4 Å². The van der Waals surface area contributed by atoms with E-state index in [0.29, 0.717) is 29.7 Å². The summed E-state index contributed by atoms with van der Waals surface area (Å²) >= 11 is 0. The van der Waals surface area contributed by atoms with E-state index >= 15 is 0 Å². The largest absolute Gasteiger partial charge is 0.335 e. The van der Waals surface area contributed by atoms with Gasteiger partial charge in [-0.25, -0.2) is 9.97 Å². The summed E-state index contributed by atoms with van der Waals surface area (Å²) in [4.78, 5) is 27.5. The topological polar surface area (TPSA) is 85.0 Å². The van der Waals surface area contributed by atoms with Gasteiger partial charge in [0, 0.05) is 31.0 Å². The highest BCUT2D eigenvalue weighted by molar-refractivity contribution is 5.93. The predicted octanol–water partition coefficient (Wildman–Crippen LogP) is 1.49. The Morgan fingerprint density at radius 2 is 2.17 bits per heavy atom. The summed E-state index contributed by atoms with van der Waals surface area (Å²) in [5, 5.41) is 0. The van der Waals surface area contributed by atoms with E-state index in [4.69, 9.17) is 5.73 Å². The number of hydrogen-bond acceptors (Lipinski definition) is 5. The first-order valence-corrected chi connectivity index (χ1v) is 7.98. The number of likely N-dealkylation sites (tertiary alicyclic amines) is 1. The molecule has 2 aliphatic rings. The Hall–Kier alpha value is -2.34. The molecule has 2 unspecified atom stereocenters. The zero-order chi connectivity index (χ0) is 15.9. The first kappa shape index (κ1) is 14.3. The highest BCUT2D eigenvalue weighted by Gasteiger charge is 2.48. The standard InChI is InChI=1S/C17H19N5O/c18-17-7-3-4-12(17)10-22(11-17)16(23)14-6-9-20-15(21-14)13-5-1-2-8-19-13/h1-2,5-6,8-9,12H,3-4,7,10-11,18H2. The third-order valence-corrected chi connectivity index (χ3v) is 4.99. The number of pyridine rings is 1. The van der Waals surface area contributed by atoms with Crippen LogP contribution in [0.1, 0.15) is 29.8 Å². The van der Waals surface area contributed by atoms with Gasteiger partial charge in [0.15, 0.2) is 5.82 Å². The Morgan fingerprint density at radius 3 is 2.96 bits per heavy atom. The molecule has 2 atom stereocenters. The summed E-state index contributed by atoms with van der Waals surface area (Å²) in [6.45, 7) is 1.36. The van der Waals surface area contributed by atoms with Crippen molar-refractivity contribution in [1.29, 1.82) is 0 Å². The summed E-state index contributed by atoms with van der Waals surface area (Å²) < 4.78 is 0. The Morgan fingerprint density at radius 1 is 1.26 bits per heavy atom. The van der Waals surface area contributed by atoms with Crippen LogP contribution in [0.5, 0.6) is 0 Å². The Bertz CT molecular complexity index is 735. The lowest BCUT2D eigenvalue weighted by Gasteiger charge is -2.22. The molecule has 1 saturated carbocycles. The van der Waals surface area contributed by atoms with Gasteiger partial charge in [-0.1, -0.05) is 12.5 Å². The Kier molecular flexibility index (Phi) is 3.34. The smallest absolute Gasteiger partial charge is 0.272 e. The molecule has 1 aliphatic heterocycles. The third kappa shape index (κ3) is 2.49. The monoisotopic (exact) mass is 309 g/mol. The summed E-state index contributed by atoms with van der Waals surface area (Å²) in [5.74, 6) is 0.825. The summed E-state index contributed by atoms with van der Waals surface area (Å²) in [7, 11) is 0. The van der Waals surface area contributed by atoms with Gasteiger partial charge in [-0.05, 0) is 37.0 Å². The molecule has 6 heteroatoms. The number of amides is 1. The molecule has 23 heavy (non-hydrogen) atoms. The molecule has 6 nitrogen and oxygen atoms in total. The molecule has 0 radical (unpaired) electrons. The van der Waals surface area contributed by atoms with Crippen molar-refractivity contribution in [3.8, 4) is 11.5 Å². The van der Waals surface area contributed by atoms with Crippen molar-refractivity contribution in [2.24, 2.45) is 11.7 Å². The number of hydrogen-bond donors (Lipinski definition) is 1. The lowest BCUT2D eigenvalue weighted by Crippen LogP contribution is -2.45. The molecule has 1 saturated heterocycles. The minimum Gasteiger partial charge on any atom is -0.335 e. The second-order valence-corrected chi connectivity index (χ2v) is 6.49. The molecule has 1 aliphatic carbocycles. The molecule has 118 valence electrons. The van der Waals surface area contributed by atoms with E-state index in [1.165, 1.54) is 6.42 Å². The van der Waals surface area contributed by atoms with Crippen molar-refractivity contribution in [3.05, 3.63) is 42.4 Å². The van der Waals surface area contributed by atoms with E-state index in [0.717, 1.165) is 19.4 Å². The SMILES string of the molecule is NC12CCCC1CN(C(=O)c1ccnc(-c3ccccn3)n1)C2. The lowest BCUT2D eigenvalue weighted by molar-refractivity contribution is 0.0772. The Labute approximate surface area is 134 Å². The zero-order valence-corrected chi connectivity index (χ0v) is 12.9. The number of nitrogens with two attached hydrogens (primary N) is 1. The van der Waals surface area contributed by atoms with Crippen molar-refractivity contribution in [1.82, 2.24) is 19.9 Å². The predicted molar refractivity (Wildman–Crippen MR) is 85.4 cm³/mol. The first-order chi connectivity index (χ1) is 11.2. The van der Waals surface area contributed by atoms with Gasteiger partial charge in [0.2, 0.25) is 0 Å². The third-order valence-electron chi connectivity index (χ3n) is 4.99. The molecule has 3 heterocycles. The van der Waals surface area contributed by atoms with Gasteiger partial charge in [0.05, 0.1) is 0 Å². The maximum Gasteiger partial charge on any atom is 0.272 e. The number of aromatic nitrogens is 3. The van der Waals surface area contributed by atoms with E-state index < -0.39 is 0 Å². The summed E-state index contributed by atoms with van der Waals surface area (Å²) in [6, 6.07) is 7.20. The molecule has 2 N–H and O–H groups in total. The Balaban J connectivity index is 1.58. The van der Waals surface area contributed by atoms with Crippen LogP contribution in [0.2, 0.25) is 0 Å². The van der Waals surface area contributed by atoms with E-state index in [-0.39, 0.29) is 11.4 Å². The van der Waals surface area contributed by atoms with Crippen LogP contribution in [-0.2, 0) is 0 Å². The highest BCUT2D eigenvalue weighted by atomic mass is 16.2. The normalized spacial score (nSPS) is 26.3. The van der Waals surface area contributed by atoms with Gasteiger partial charge >= 0.3 is 0 Å². The van der Waals surface area contributed by atoms with Crippen molar-refractivity contribution >= 4 is 5.91 Å². The summed E-state index contributed by atoms with van der Waals surface area (Å²) in [6.07, 6.45) is 6.58. The second kappa shape index (κ2) is 5.38. The summed E-state index contributed by atoms with van der Waals surface area (Å²) in [5.41, 5.74) is 7.32. The maximum atomic E-state index is 12.8. The van der Waals surface area contributed by atoms with Crippen molar-refractivity contribution < 1.29 is 4.79 Å². The molecular weight excluding hydrogens is 290 g/mol. The molecular formula is C17H19N5O. The number of carbonyl (C=O) groups excluding carboxylic acids is 1. The number of carbonyl (C=O) groups is 1. The fourth-order valence-corrected chi connectivity index (χ4v) is 3.75. The van der Waals surface area contributed by atoms with Gasteiger partial charge in [-0.15, -0.1) is 0 Å². The molecule has 0 spiro atoms. The molecule has 2 fully saturated rings. The van der Waals surface area contributed by atoms with E-state index in [1.807, 2.05) is 23.1 Å². The number of rotatable bonds is 2. The first-order valence-electron chi connectivity index (χ1n) is 7.98. The van der Waals surface area contributed by atoms with Crippen molar-refractivity contribution in [2.45, 2.75) is 24.8 Å². The fraction of sp³-hybridized carbons (Fsp3) is 0.412. The van der Waals surface area contributed by atoms with Gasteiger partial charge < -0.3 is 10.6 Å². The van der Waals surface area contributed by atoms with E-state index in [2.05, 4.69) is 15.0 Å². The second-order valence-electron chi connectivity index (χ2n) is 6.49. The van der Waals surface area contributed by atoms with Crippen LogP contribution in [0.3, 0.4) is 0 Å². The van der Waals surface area contributed by atoms with E-state index in [1.54, 1.807) is 18.5 Å². The highest BCUT2D eigenvalue weighted by Crippen LogP contribution is 2.39. The van der Waals surface area contributed by atoms with Crippen LogP contribution in [-0.4, -0.2) is 44.4 Å². The van der Waals surface area contributed by atoms with Gasteiger partial charge in [-0.3, -0.25) is 9.78 Å². The quantitative estimate of drug-likeness (QED) is 0.908. The van der Waals surface area contributed by atoms with Crippen LogP contribution in [0.15, 0.2) is 36.7 Å². The molecule has 2 aromatic rings. The molecule has 1 amide bonds. The lowest BCUT2D eigenvalue weighted by atomic mass is 9.92. The van der Waals surface area contributed by atoms with Gasteiger partial charge in [0.25, 0.3) is 5.91 Å². The fourth-order valence-electron chi connectivity index (χ4n) is 3.75.